The lowest BCUT2D eigenvalue weighted by atomic mass is 9.98. The minimum atomic E-state index is 0.990. The molecule has 0 radical (unpaired) electrons. The van der Waals surface area contributed by atoms with Gasteiger partial charge in [0.1, 0.15) is 0 Å². The number of benzene rings is 5. The maximum atomic E-state index is 4.26. The van der Waals surface area contributed by atoms with Gasteiger partial charge in [0.15, 0.2) is 0 Å². The molecular formula is C29H23N. The first-order chi connectivity index (χ1) is 14.7. The van der Waals surface area contributed by atoms with E-state index < -0.39 is 0 Å². The SMILES string of the molecule is C=C(C)N(c1ccc(-c2cccc3ccccc23)cc1)c1cccc2ccccc12. The minimum Gasteiger partial charge on any atom is -0.314 e. The van der Waals surface area contributed by atoms with Crippen molar-refractivity contribution < 1.29 is 0 Å². The number of nitrogens with zero attached hydrogens (tertiary/aromatic N) is 1. The summed E-state index contributed by atoms with van der Waals surface area (Å²) in [4.78, 5) is 2.23. The molecule has 0 unspecified atom stereocenters. The van der Waals surface area contributed by atoms with Crippen molar-refractivity contribution >= 4 is 32.9 Å². The first kappa shape index (κ1) is 18.2. The number of hydrogen-bond acceptors (Lipinski definition) is 1. The molecule has 5 rings (SSSR count). The van der Waals surface area contributed by atoms with E-state index in [1.54, 1.807) is 0 Å². The highest BCUT2D eigenvalue weighted by atomic mass is 15.1. The molecule has 0 aliphatic rings. The molecular weight excluding hydrogens is 362 g/mol. The van der Waals surface area contributed by atoms with E-state index in [0.29, 0.717) is 0 Å². The van der Waals surface area contributed by atoms with E-state index in [9.17, 15) is 0 Å². The van der Waals surface area contributed by atoms with Crippen LogP contribution in [0.1, 0.15) is 6.92 Å². The van der Waals surface area contributed by atoms with E-state index in [1.807, 2.05) is 0 Å². The number of hydrogen-bond donors (Lipinski definition) is 0. The molecule has 0 saturated carbocycles. The van der Waals surface area contributed by atoms with Gasteiger partial charge >= 0.3 is 0 Å². The van der Waals surface area contributed by atoms with Gasteiger partial charge in [-0.2, -0.15) is 0 Å². The van der Waals surface area contributed by atoms with Crippen LogP contribution >= 0.6 is 0 Å². The van der Waals surface area contributed by atoms with E-state index in [4.69, 9.17) is 0 Å². The molecule has 0 aliphatic carbocycles. The van der Waals surface area contributed by atoms with E-state index in [0.717, 1.165) is 17.1 Å². The number of allylic oxidation sites excluding steroid dienone is 1. The van der Waals surface area contributed by atoms with Gasteiger partial charge in [0.05, 0.1) is 5.69 Å². The van der Waals surface area contributed by atoms with Gasteiger partial charge in [0, 0.05) is 16.8 Å². The quantitative estimate of drug-likeness (QED) is 0.300. The van der Waals surface area contributed by atoms with E-state index in [1.165, 1.54) is 32.7 Å². The number of anilines is 2. The van der Waals surface area contributed by atoms with Crippen molar-refractivity contribution in [3.63, 3.8) is 0 Å². The predicted molar refractivity (Wildman–Crippen MR) is 130 cm³/mol. The summed E-state index contributed by atoms with van der Waals surface area (Å²) in [5.74, 6) is 0. The Kier molecular flexibility index (Phi) is 4.57. The molecule has 0 N–H and O–H groups in total. The lowest BCUT2D eigenvalue weighted by Gasteiger charge is -2.27. The van der Waals surface area contributed by atoms with E-state index in [2.05, 4.69) is 128 Å². The van der Waals surface area contributed by atoms with E-state index >= 15 is 0 Å². The summed E-state index contributed by atoms with van der Waals surface area (Å²) in [6, 6.07) is 38.7. The second-order valence-electron chi connectivity index (χ2n) is 7.64. The summed E-state index contributed by atoms with van der Waals surface area (Å²) >= 11 is 0. The predicted octanol–water partition coefficient (Wildman–Crippen LogP) is 8.33. The summed E-state index contributed by atoms with van der Waals surface area (Å²) in [6.07, 6.45) is 0. The van der Waals surface area contributed by atoms with Crippen molar-refractivity contribution in [2.75, 3.05) is 4.90 Å². The summed E-state index contributed by atoms with van der Waals surface area (Å²) in [6.45, 7) is 6.32. The van der Waals surface area contributed by atoms with Crippen molar-refractivity contribution in [1.29, 1.82) is 0 Å². The summed E-state index contributed by atoms with van der Waals surface area (Å²) in [7, 11) is 0. The molecule has 0 heterocycles. The Bertz CT molecular complexity index is 1350. The normalized spacial score (nSPS) is 11.0. The molecule has 5 aromatic carbocycles. The van der Waals surface area contributed by atoms with Crippen LogP contribution in [-0.2, 0) is 0 Å². The zero-order chi connectivity index (χ0) is 20.5. The van der Waals surface area contributed by atoms with Gasteiger partial charge < -0.3 is 4.90 Å². The molecule has 0 aliphatic heterocycles. The highest BCUT2D eigenvalue weighted by Crippen LogP contribution is 2.36. The third-order valence-corrected chi connectivity index (χ3v) is 5.62. The van der Waals surface area contributed by atoms with Gasteiger partial charge in [-0.15, -0.1) is 0 Å². The summed E-state index contributed by atoms with van der Waals surface area (Å²) < 4.78 is 0. The zero-order valence-corrected chi connectivity index (χ0v) is 17.0. The van der Waals surface area contributed by atoms with Gasteiger partial charge in [-0.25, -0.2) is 0 Å². The molecule has 0 amide bonds. The Hall–Kier alpha value is -3.84. The molecule has 30 heavy (non-hydrogen) atoms. The average Bonchev–Trinajstić information content (AvgIpc) is 2.79. The molecule has 0 aromatic heterocycles. The standard InChI is InChI=1S/C29H23N/c1-21(2)30(29-16-8-12-23-10-4-6-14-28(23)29)25-19-17-24(18-20-25)27-15-7-11-22-9-3-5-13-26(22)27/h3-20H,1H2,2H3. The molecule has 0 saturated heterocycles. The monoisotopic (exact) mass is 385 g/mol. The Morgan fingerprint density at radius 1 is 0.600 bits per heavy atom. The molecule has 5 aromatic rings. The number of rotatable bonds is 4. The Balaban J connectivity index is 1.60. The first-order valence-corrected chi connectivity index (χ1v) is 10.2. The molecule has 0 atom stereocenters. The van der Waals surface area contributed by atoms with Gasteiger partial charge in [-0.1, -0.05) is 97.6 Å². The summed E-state index contributed by atoms with van der Waals surface area (Å²) in [5.41, 5.74) is 5.73. The van der Waals surface area contributed by atoms with Crippen LogP contribution in [0.5, 0.6) is 0 Å². The molecule has 0 fully saturated rings. The maximum Gasteiger partial charge on any atom is 0.0536 e. The number of fused-ring (bicyclic) bond motifs is 2. The van der Waals surface area contributed by atoms with Gasteiger partial charge in [-0.05, 0) is 52.4 Å². The van der Waals surface area contributed by atoms with Crippen LogP contribution < -0.4 is 4.90 Å². The Morgan fingerprint density at radius 3 is 1.87 bits per heavy atom. The molecule has 1 heteroatoms. The minimum absolute atomic E-state index is 0.990. The topological polar surface area (TPSA) is 3.24 Å². The smallest absolute Gasteiger partial charge is 0.0536 e. The molecule has 144 valence electrons. The fourth-order valence-corrected chi connectivity index (χ4v) is 4.24. The van der Waals surface area contributed by atoms with Gasteiger partial charge in [0.25, 0.3) is 0 Å². The van der Waals surface area contributed by atoms with Crippen LogP contribution in [0.3, 0.4) is 0 Å². The van der Waals surface area contributed by atoms with Crippen molar-refractivity contribution in [1.82, 2.24) is 0 Å². The van der Waals surface area contributed by atoms with Gasteiger partial charge in [0.2, 0.25) is 0 Å². The Labute approximate surface area is 177 Å². The van der Waals surface area contributed by atoms with Crippen molar-refractivity contribution in [2.24, 2.45) is 0 Å². The lowest BCUT2D eigenvalue weighted by molar-refractivity contribution is 1.18. The average molecular weight is 386 g/mol. The third kappa shape index (κ3) is 3.15. The largest absolute Gasteiger partial charge is 0.314 e. The second kappa shape index (κ2) is 7.53. The van der Waals surface area contributed by atoms with Crippen LogP contribution in [0, 0.1) is 0 Å². The first-order valence-electron chi connectivity index (χ1n) is 10.2. The molecule has 0 bridgehead atoms. The van der Waals surface area contributed by atoms with Crippen molar-refractivity contribution in [2.45, 2.75) is 6.92 Å². The maximum absolute atomic E-state index is 4.26. The van der Waals surface area contributed by atoms with Crippen LogP contribution in [0.2, 0.25) is 0 Å². The van der Waals surface area contributed by atoms with Crippen LogP contribution in [-0.4, -0.2) is 0 Å². The highest BCUT2D eigenvalue weighted by molar-refractivity contribution is 5.98. The van der Waals surface area contributed by atoms with Crippen LogP contribution in [0.25, 0.3) is 32.7 Å². The lowest BCUT2D eigenvalue weighted by Crippen LogP contribution is -2.13. The Morgan fingerprint density at radius 2 is 1.17 bits per heavy atom. The van der Waals surface area contributed by atoms with Crippen molar-refractivity contribution in [3.05, 3.63) is 121 Å². The molecule has 0 spiro atoms. The fourth-order valence-electron chi connectivity index (χ4n) is 4.24. The third-order valence-electron chi connectivity index (χ3n) is 5.62. The van der Waals surface area contributed by atoms with Crippen molar-refractivity contribution in [3.8, 4) is 11.1 Å². The zero-order valence-electron chi connectivity index (χ0n) is 17.0. The molecule has 1 nitrogen and oxygen atoms in total. The highest BCUT2D eigenvalue weighted by Gasteiger charge is 2.14. The summed E-state index contributed by atoms with van der Waals surface area (Å²) in [5, 5.41) is 4.99. The van der Waals surface area contributed by atoms with Crippen LogP contribution in [0.15, 0.2) is 121 Å². The fraction of sp³-hybridized carbons (Fsp3) is 0.0345. The second-order valence-corrected chi connectivity index (χ2v) is 7.64. The van der Waals surface area contributed by atoms with Crippen LogP contribution in [0.4, 0.5) is 11.4 Å². The van der Waals surface area contributed by atoms with Gasteiger partial charge in [-0.3, -0.25) is 0 Å². The van der Waals surface area contributed by atoms with E-state index in [-0.39, 0.29) is 0 Å².